The fourth-order valence-corrected chi connectivity index (χ4v) is 0.692. The second kappa shape index (κ2) is 5.09. The van der Waals surface area contributed by atoms with Crippen LogP contribution in [0.3, 0.4) is 0 Å². The van der Waals surface area contributed by atoms with Crippen molar-refractivity contribution in [3.8, 4) is 0 Å². The monoisotopic (exact) mass is 169 g/mol. The molecule has 2 nitrogen and oxygen atoms in total. The van der Waals surface area contributed by atoms with Crippen molar-refractivity contribution in [2.75, 3.05) is 6.61 Å². The summed E-state index contributed by atoms with van der Waals surface area (Å²) in [6.07, 6.45) is 4.95. The lowest BCUT2D eigenvalue weighted by Crippen LogP contribution is -2.21. The van der Waals surface area contributed by atoms with Gasteiger partial charge in [-0.15, -0.1) is 0 Å². The highest BCUT2D eigenvalue weighted by Gasteiger charge is 2.11. The molecule has 0 aliphatic rings. The maximum atomic E-state index is 8.90. The molecule has 0 aliphatic carbocycles. The number of aliphatic hydroxyl groups is 1. The van der Waals surface area contributed by atoms with Gasteiger partial charge in [0.1, 0.15) is 0 Å². The van der Waals surface area contributed by atoms with E-state index < -0.39 is 0 Å². The highest BCUT2D eigenvalue weighted by molar-refractivity contribution is 5.77. The summed E-state index contributed by atoms with van der Waals surface area (Å²) in [5, 5.41) is 8.90. The standard InChI is InChI=1S/C10H19NO/c1-5-6-9(2)7-11-10(3,4)8-12/h6-7,12H,5,8H2,1-4H3. The van der Waals surface area contributed by atoms with E-state index in [4.69, 9.17) is 5.11 Å². The predicted octanol–water partition coefficient (Wildman–Crippen LogP) is 2.18. The first-order chi connectivity index (χ1) is 5.52. The molecule has 1 N–H and O–H groups in total. The fraction of sp³-hybridized carbons (Fsp3) is 0.700. The van der Waals surface area contributed by atoms with Gasteiger partial charge in [0.2, 0.25) is 0 Å². The van der Waals surface area contributed by atoms with Gasteiger partial charge in [0.15, 0.2) is 0 Å². The molecule has 0 aromatic heterocycles. The van der Waals surface area contributed by atoms with Crippen molar-refractivity contribution >= 4 is 6.21 Å². The van der Waals surface area contributed by atoms with Crippen LogP contribution in [-0.4, -0.2) is 23.5 Å². The lowest BCUT2D eigenvalue weighted by molar-refractivity contribution is 0.223. The zero-order valence-electron chi connectivity index (χ0n) is 8.46. The Morgan fingerprint density at radius 1 is 1.50 bits per heavy atom. The van der Waals surface area contributed by atoms with Gasteiger partial charge in [0, 0.05) is 6.21 Å². The number of rotatable bonds is 4. The molecule has 0 saturated carbocycles. The minimum atomic E-state index is -0.344. The molecule has 0 unspecified atom stereocenters. The molecular formula is C10H19NO. The van der Waals surface area contributed by atoms with Gasteiger partial charge in [-0.05, 0) is 32.8 Å². The van der Waals surface area contributed by atoms with Gasteiger partial charge in [-0.1, -0.05) is 13.0 Å². The van der Waals surface area contributed by atoms with Gasteiger partial charge in [-0.25, -0.2) is 0 Å². The zero-order valence-corrected chi connectivity index (χ0v) is 8.46. The molecule has 0 amide bonds. The lowest BCUT2D eigenvalue weighted by Gasteiger charge is -2.14. The Balaban J connectivity index is 4.14. The van der Waals surface area contributed by atoms with E-state index in [2.05, 4.69) is 18.0 Å². The maximum Gasteiger partial charge on any atom is 0.0781 e. The summed E-state index contributed by atoms with van der Waals surface area (Å²) < 4.78 is 0. The number of hydrogen-bond acceptors (Lipinski definition) is 2. The first-order valence-corrected chi connectivity index (χ1v) is 4.34. The van der Waals surface area contributed by atoms with Gasteiger partial charge in [0.25, 0.3) is 0 Å². The molecule has 12 heavy (non-hydrogen) atoms. The average molecular weight is 169 g/mol. The summed E-state index contributed by atoms with van der Waals surface area (Å²) in [5.41, 5.74) is 0.807. The van der Waals surface area contributed by atoms with Crippen LogP contribution in [0.4, 0.5) is 0 Å². The van der Waals surface area contributed by atoms with Crippen LogP contribution in [0.2, 0.25) is 0 Å². The van der Waals surface area contributed by atoms with Gasteiger partial charge in [-0.2, -0.15) is 0 Å². The van der Waals surface area contributed by atoms with E-state index in [0.29, 0.717) is 0 Å². The van der Waals surface area contributed by atoms with E-state index in [1.54, 1.807) is 0 Å². The summed E-state index contributed by atoms with van der Waals surface area (Å²) >= 11 is 0. The van der Waals surface area contributed by atoms with Crippen molar-refractivity contribution in [1.82, 2.24) is 0 Å². The molecule has 0 radical (unpaired) electrons. The van der Waals surface area contributed by atoms with Crippen LogP contribution in [-0.2, 0) is 0 Å². The summed E-state index contributed by atoms with van der Waals surface area (Å²) in [7, 11) is 0. The van der Waals surface area contributed by atoms with Crippen LogP contribution >= 0.6 is 0 Å². The van der Waals surface area contributed by atoms with Gasteiger partial charge >= 0.3 is 0 Å². The summed E-state index contributed by atoms with van der Waals surface area (Å²) in [6, 6.07) is 0. The van der Waals surface area contributed by atoms with Crippen LogP contribution in [0.5, 0.6) is 0 Å². The fourth-order valence-electron chi connectivity index (χ4n) is 0.692. The average Bonchev–Trinajstić information content (AvgIpc) is 2.02. The summed E-state index contributed by atoms with van der Waals surface area (Å²) in [5.74, 6) is 0. The minimum absolute atomic E-state index is 0.0862. The Morgan fingerprint density at radius 3 is 2.50 bits per heavy atom. The molecule has 0 fully saturated rings. The minimum Gasteiger partial charge on any atom is -0.394 e. The SMILES string of the molecule is CCC=C(C)C=NC(C)(C)CO. The Morgan fingerprint density at radius 2 is 2.08 bits per heavy atom. The quantitative estimate of drug-likeness (QED) is 0.643. The lowest BCUT2D eigenvalue weighted by atomic mass is 10.1. The Kier molecular flexibility index (Phi) is 4.83. The van der Waals surface area contributed by atoms with Crippen molar-refractivity contribution in [3.05, 3.63) is 11.6 Å². The summed E-state index contributed by atoms with van der Waals surface area (Å²) in [6.45, 7) is 8.00. The van der Waals surface area contributed by atoms with E-state index >= 15 is 0 Å². The number of aliphatic hydroxyl groups excluding tert-OH is 1. The van der Waals surface area contributed by atoms with Crippen LogP contribution < -0.4 is 0 Å². The topological polar surface area (TPSA) is 32.6 Å². The van der Waals surface area contributed by atoms with Crippen molar-refractivity contribution in [3.63, 3.8) is 0 Å². The molecule has 0 spiro atoms. The molecular weight excluding hydrogens is 150 g/mol. The maximum absolute atomic E-state index is 8.90. The predicted molar refractivity (Wildman–Crippen MR) is 53.7 cm³/mol. The highest BCUT2D eigenvalue weighted by Crippen LogP contribution is 2.06. The van der Waals surface area contributed by atoms with Gasteiger partial charge < -0.3 is 5.11 Å². The zero-order chi connectivity index (χ0) is 9.61. The van der Waals surface area contributed by atoms with Crippen molar-refractivity contribution in [2.45, 2.75) is 39.7 Å². The third-order valence-corrected chi connectivity index (χ3v) is 1.53. The Labute approximate surface area is 75.0 Å². The third kappa shape index (κ3) is 5.08. The van der Waals surface area contributed by atoms with E-state index in [1.807, 2.05) is 27.0 Å². The smallest absolute Gasteiger partial charge is 0.0781 e. The number of allylic oxidation sites excluding steroid dienone is 2. The number of aliphatic imine (C=N–C) groups is 1. The highest BCUT2D eigenvalue weighted by atomic mass is 16.3. The van der Waals surface area contributed by atoms with Crippen LogP contribution in [0.25, 0.3) is 0 Å². The molecule has 0 heterocycles. The Bertz CT molecular complexity index is 180. The largest absolute Gasteiger partial charge is 0.394 e. The first kappa shape index (κ1) is 11.4. The van der Waals surface area contributed by atoms with Crippen molar-refractivity contribution in [2.24, 2.45) is 4.99 Å². The molecule has 0 rings (SSSR count). The van der Waals surface area contributed by atoms with Crippen molar-refractivity contribution < 1.29 is 5.11 Å². The first-order valence-electron chi connectivity index (χ1n) is 4.34. The van der Waals surface area contributed by atoms with E-state index in [-0.39, 0.29) is 12.1 Å². The van der Waals surface area contributed by atoms with Crippen LogP contribution in [0.15, 0.2) is 16.6 Å². The molecule has 0 aliphatic heterocycles. The second-order valence-corrected chi connectivity index (χ2v) is 3.59. The molecule has 0 atom stereocenters. The van der Waals surface area contributed by atoms with Crippen LogP contribution in [0, 0.1) is 0 Å². The molecule has 0 saturated heterocycles. The molecule has 0 aromatic carbocycles. The second-order valence-electron chi connectivity index (χ2n) is 3.59. The van der Waals surface area contributed by atoms with E-state index in [0.717, 1.165) is 12.0 Å². The number of nitrogens with zero attached hydrogens (tertiary/aromatic N) is 1. The molecule has 0 bridgehead atoms. The van der Waals surface area contributed by atoms with E-state index in [1.165, 1.54) is 0 Å². The Hall–Kier alpha value is -0.630. The van der Waals surface area contributed by atoms with Crippen molar-refractivity contribution in [1.29, 1.82) is 0 Å². The normalized spacial score (nSPS) is 14.2. The van der Waals surface area contributed by atoms with Crippen LogP contribution in [0.1, 0.15) is 34.1 Å². The van der Waals surface area contributed by atoms with Gasteiger partial charge in [0.05, 0.1) is 12.1 Å². The van der Waals surface area contributed by atoms with Gasteiger partial charge in [-0.3, -0.25) is 4.99 Å². The number of hydrogen-bond donors (Lipinski definition) is 1. The molecule has 0 aromatic rings. The summed E-state index contributed by atoms with van der Waals surface area (Å²) in [4.78, 5) is 4.25. The molecule has 70 valence electrons. The van der Waals surface area contributed by atoms with E-state index in [9.17, 15) is 0 Å². The molecule has 2 heteroatoms. The third-order valence-electron chi connectivity index (χ3n) is 1.53.